The summed E-state index contributed by atoms with van der Waals surface area (Å²) in [7, 11) is 1.62. The van der Waals surface area contributed by atoms with Crippen LogP contribution < -0.4 is 4.74 Å². The first kappa shape index (κ1) is 13.5. The zero-order chi connectivity index (χ0) is 13.7. The molecule has 3 nitrogen and oxygen atoms in total. The Morgan fingerprint density at radius 3 is 2.21 bits per heavy atom. The average Bonchev–Trinajstić information content (AvgIpc) is 3.02. The number of thiophene rings is 1. The molecule has 2 aromatic heterocycles. The molecule has 0 N–H and O–H groups in total. The second kappa shape index (κ2) is 6.29. The molecule has 0 aliphatic rings. The smallest absolute Gasteiger partial charge is 0.241 e. The lowest BCUT2D eigenvalue weighted by molar-refractivity contribution is 0.400. The molecule has 0 atom stereocenters. The number of hydrogen-bond donors (Lipinski definition) is 0. The highest BCUT2D eigenvalue weighted by Gasteiger charge is 2.11. The highest BCUT2D eigenvalue weighted by atomic mass is 32.1. The summed E-state index contributed by atoms with van der Waals surface area (Å²) >= 11 is 1.63. The molecule has 3 aromatic rings. The van der Waals surface area contributed by atoms with Crippen LogP contribution in [-0.2, 0) is 0 Å². The fourth-order valence-electron chi connectivity index (χ4n) is 1.70. The van der Waals surface area contributed by atoms with Gasteiger partial charge in [-0.05, 0) is 23.6 Å². The standard InChI is InChI=1S/C13H10N2OS.C2H6/c1-16-13-12(11-7-4-8-17-11)14-9-5-2-3-6-10(9)15-13;1-2/h2-8H,1H3;1-2H3. The van der Waals surface area contributed by atoms with Gasteiger partial charge in [0.05, 0.1) is 23.0 Å². The molecule has 1 aromatic carbocycles. The van der Waals surface area contributed by atoms with Crippen molar-refractivity contribution in [1.29, 1.82) is 0 Å². The van der Waals surface area contributed by atoms with Crippen molar-refractivity contribution in [2.24, 2.45) is 0 Å². The summed E-state index contributed by atoms with van der Waals surface area (Å²) in [6.07, 6.45) is 0. The van der Waals surface area contributed by atoms with Crippen molar-refractivity contribution in [2.75, 3.05) is 7.11 Å². The third kappa shape index (κ3) is 2.74. The lowest BCUT2D eigenvalue weighted by atomic mass is 10.2. The maximum absolute atomic E-state index is 5.31. The van der Waals surface area contributed by atoms with Gasteiger partial charge in [-0.3, -0.25) is 0 Å². The van der Waals surface area contributed by atoms with Crippen molar-refractivity contribution in [3.05, 3.63) is 41.8 Å². The summed E-state index contributed by atoms with van der Waals surface area (Å²) in [6.45, 7) is 4.00. The average molecular weight is 272 g/mol. The van der Waals surface area contributed by atoms with Crippen LogP contribution in [0.15, 0.2) is 41.8 Å². The number of fused-ring (bicyclic) bond motifs is 1. The van der Waals surface area contributed by atoms with Gasteiger partial charge >= 0.3 is 0 Å². The van der Waals surface area contributed by atoms with E-state index in [2.05, 4.69) is 9.97 Å². The number of nitrogens with zero attached hydrogens (tertiary/aromatic N) is 2. The van der Waals surface area contributed by atoms with E-state index in [1.807, 2.05) is 55.6 Å². The van der Waals surface area contributed by atoms with Crippen molar-refractivity contribution in [2.45, 2.75) is 13.8 Å². The van der Waals surface area contributed by atoms with E-state index in [1.165, 1.54) is 0 Å². The lowest BCUT2D eigenvalue weighted by Crippen LogP contribution is -1.95. The molecule has 19 heavy (non-hydrogen) atoms. The van der Waals surface area contributed by atoms with Gasteiger partial charge in [-0.15, -0.1) is 11.3 Å². The molecule has 0 aliphatic carbocycles. The number of hydrogen-bond acceptors (Lipinski definition) is 4. The zero-order valence-corrected chi connectivity index (χ0v) is 12.1. The van der Waals surface area contributed by atoms with E-state index >= 15 is 0 Å². The van der Waals surface area contributed by atoms with Crippen LogP contribution >= 0.6 is 11.3 Å². The van der Waals surface area contributed by atoms with Crippen molar-refractivity contribution in [3.63, 3.8) is 0 Å². The van der Waals surface area contributed by atoms with Crippen LogP contribution in [0.5, 0.6) is 5.88 Å². The van der Waals surface area contributed by atoms with E-state index in [-0.39, 0.29) is 0 Å². The molecule has 0 bridgehead atoms. The third-order valence-corrected chi connectivity index (χ3v) is 3.36. The highest BCUT2D eigenvalue weighted by Crippen LogP contribution is 2.31. The lowest BCUT2D eigenvalue weighted by Gasteiger charge is -2.06. The van der Waals surface area contributed by atoms with Gasteiger partial charge in [0.2, 0.25) is 5.88 Å². The fourth-order valence-corrected chi connectivity index (χ4v) is 2.41. The Morgan fingerprint density at radius 2 is 1.63 bits per heavy atom. The molecule has 0 saturated heterocycles. The van der Waals surface area contributed by atoms with Crippen molar-refractivity contribution in [1.82, 2.24) is 9.97 Å². The van der Waals surface area contributed by atoms with Gasteiger partial charge in [0.25, 0.3) is 0 Å². The Hall–Kier alpha value is -1.94. The first-order valence-corrected chi connectivity index (χ1v) is 7.11. The van der Waals surface area contributed by atoms with Gasteiger partial charge in [-0.2, -0.15) is 0 Å². The van der Waals surface area contributed by atoms with E-state index < -0.39 is 0 Å². The van der Waals surface area contributed by atoms with E-state index in [0.29, 0.717) is 5.88 Å². The predicted octanol–water partition coefficient (Wildman–Crippen LogP) is 4.39. The summed E-state index contributed by atoms with van der Waals surface area (Å²) in [6, 6.07) is 11.8. The Bertz CT molecular complexity index is 650. The second-order valence-corrected chi connectivity index (χ2v) is 4.50. The van der Waals surface area contributed by atoms with Crippen LogP contribution in [0.1, 0.15) is 13.8 Å². The summed E-state index contributed by atoms with van der Waals surface area (Å²) in [5.74, 6) is 0.575. The van der Waals surface area contributed by atoms with Crippen LogP contribution in [0.3, 0.4) is 0 Å². The SMILES string of the molecule is CC.COc1nc2ccccc2nc1-c1cccs1. The second-order valence-electron chi connectivity index (χ2n) is 3.55. The van der Waals surface area contributed by atoms with Crippen molar-refractivity contribution >= 4 is 22.4 Å². The van der Waals surface area contributed by atoms with E-state index in [1.54, 1.807) is 18.4 Å². The number of para-hydroxylation sites is 2. The zero-order valence-electron chi connectivity index (χ0n) is 11.3. The van der Waals surface area contributed by atoms with Gasteiger partial charge < -0.3 is 4.74 Å². The Morgan fingerprint density at radius 1 is 0.947 bits per heavy atom. The molecule has 0 aliphatic heterocycles. The van der Waals surface area contributed by atoms with Crippen LogP contribution in [0.4, 0.5) is 0 Å². The minimum atomic E-state index is 0.575. The minimum Gasteiger partial charge on any atom is -0.479 e. The quantitative estimate of drug-likeness (QED) is 0.694. The number of benzene rings is 1. The fraction of sp³-hybridized carbons (Fsp3) is 0.200. The number of rotatable bonds is 2. The number of methoxy groups -OCH3 is 1. The molecule has 0 unspecified atom stereocenters. The molecule has 3 rings (SSSR count). The van der Waals surface area contributed by atoms with E-state index in [0.717, 1.165) is 21.6 Å². The predicted molar refractivity (Wildman–Crippen MR) is 80.8 cm³/mol. The molecular weight excluding hydrogens is 256 g/mol. The molecule has 98 valence electrons. The molecule has 0 radical (unpaired) electrons. The van der Waals surface area contributed by atoms with Crippen LogP contribution in [0.25, 0.3) is 21.6 Å². The van der Waals surface area contributed by atoms with E-state index in [4.69, 9.17) is 4.74 Å². The minimum absolute atomic E-state index is 0.575. The normalized spacial score (nSPS) is 9.84. The summed E-state index contributed by atoms with van der Waals surface area (Å²) < 4.78 is 5.31. The third-order valence-electron chi connectivity index (χ3n) is 2.49. The van der Waals surface area contributed by atoms with Crippen LogP contribution in [-0.4, -0.2) is 17.1 Å². The molecule has 2 heterocycles. The Kier molecular flexibility index (Phi) is 4.47. The van der Waals surface area contributed by atoms with Gasteiger partial charge in [0.1, 0.15) is 5.69 Å². The van der Waals surface area contributed by atoms with Crippen LogP contribution in [0, 0.1) is 0 Å². The monoisotopic (exact) mass is 272 g/mol. The maximum Gasteiger partial charge on any atom is 0.241 e. The molecule has 0 saturated carbocycles. The summed E-state index contributed by atoms with van der Waals surface area (Å²) in [5, 5.41) is 2.02. The van der Waals surface area contributed by atoms with Crippen molar-refractivity contribution < 1.29 is 4.74 Å². The molecule has 0 amide bonds. The highest BCUT2D eigenvalue weighted by molar-refractivity contribution is 7.13. The van der Waals surface area contributed by atoms with Crippen LogP contribution in [0.2, 0.25) is 0 Å². The van der Waals surface area contributed by atoms with Gasteiger partial charge in [-0.1, -0.05) is 32.0 Å². The molecule has 4 heteroatoms. The molecular formula is C15H16N2OS. The summed E-state index contributed by atoms with van der Waals surface area (Å²) in [5.41, 5.74) is 2.54. The van der Waals surface area contributed by atoms with Gasteiger partial charge in [-0.25, -0.2) is 9.97 Å². The Labute approximate surface area is 116 Å². The van der Waals surface area contributed by atoms with E-state index in [9.17, 15) is 0 Å². The topological polar surface area (TPSA) is 35.0 Å². The Balaban J connectivity index is 0.000000637. The number of ether oxygens (including phenoxy) is 1. The van der Waals surface area contributed by atoms with Crippen molar-refractivity contribution in [3.8, 4) is 16.5 Å². The summed E-state index contributed by atoms with van der Waals surface area (Å²) in [4.78, 5) is 10.2. The first-order valence-electron chi connectivity index (χ1n) is 6.23. The first-order chi connectivity index (χ1) is 9.38. The largest absolute Gasteiger partial charge is 0.479 e. The number of aromatic nitrogens is 2. The van der Waals surface area contributed by atoms with Gasteiger partial charge in [0, 0.05) is 0 Å². The molecule has 0 fully saturated rings. The maximum atomic E-state index is 5.31. The van der Waals surface area contributed by atoms with Gasteiger partial charge in [0.15, 0.2) is 0 Å². The molecule has 0 spiro atoms.